The molecule has 6 heteroatoms. The minimum atomic E-state index is -1.07. The zero-order valence-electron chi connectivity index (χ0n) is 13.8. The Labute approximate surface area is 155 Å². The molecule has 0 aliphatic heterocycles. The fraction of sp³-hybridized carbons (Fsp3) is 0.474. The molecule has 0 amide bonds. The number of carboxylic acids is 1. The molecular weight excluding hydrogens is 363 g/mol. The van der Waals surface area contributed by atoms with Crippen LogP contribution < -0.4 is 4.74 Å². The Morgan fingerprint density at radius 3 is 2.72 bits per heavy atom. The third kappa shape index (κ3) is 2.49. The summed E-state index contributed by atoms with van der Waals surface area (Å²) in [6, 6.07) is 1.80. The van der Waals surface area contributed by atoms with Gasteiger partial charge in [-0.3, -0.25) is 4.79 Å². The van der Waals surface area contributed by atoms with Crippen LogP contribution in [-0.4, -0.2) is 23.5 Å². The first-order chi connectivity index (χ1) is 11.8. The summed E-state index contributed by atoms with van der Waals surface area (Å²) < 4.78 is 5.31. The molecule has 1 aromatic rings. The highest BCUT2D eigenvalue weighted by Crippen LogP contribution is 2.66. The molecule has 4 rings (SSSR count). The summed E-state index contributed by atoms with van der Waals surface area (Å²) in [6.07, 6.45) is 5.44. The summed E-state index contributed by atoms with van der Waals surface area (Å²) in [5.74, 6) is 0.158. The van der Waals surface area contributed by atoms with E-state index < -0.39 is 12.6 Å². The minimum absolute atomic E-state index is 0.0609. The number of halogens is 2. The van der Waals surface area contributed by atoms with Crippen molar-refractivity contribution in [2.45, 2.75) is 32.6 Å². The lowest BCUT2D eigenvalue weighted by molar-refractivity contribution is -0.139. The van der Waals surface area contributed by atoms with E-state index in [1.54, 1.807) is 12.1 Å². The number of rotatable bonds is 4. The van der Waals surface area contributed by atoms with E-state index in [0.29, 0.717) is 17.4 Å². The summed E-state index contributed by atoms with van der Waals surface area (Å²) >= 11 is 12.9. The normalized spacial score (nSPS) is 27.6. The number of aliphatic carboxylic acids is 1. The van der Waals surface area contributed by atoms with Crippen LogP contribution in [0, 0.1) is 17.3 Å². The number of carbonyl (C=O) groups is 2. The van der Waals surface area contributed by atoms with Crippen LogP contribution in [0.3, 0.4) is 0 Å². The zero-order chi connectivity index (χ0) is 17.9. The predicted molar refractivity (Wildman–Crippen MR) is 95.2 cm³/mol. The maximum atomic E-state index is 12.2. The van der Waals surface area contributed by atoms with E-state index in [1.165, 1.54) is 0 Å². The number of hydrogen-bond acceptors (Lipinski definition) is 3. The Morgan fingerprint density at radius 2 is 2.08 bits per heavy atom. The number of carbonyl (C=O) groups excluding carboxylic acids is 1. The van der Waals surface area contributed by atoms with Crippen LogP contribution in [-0.2, 0) is 16.0 Å². The molecule has 0 heterocycles. The highest BCUT2D eigenvalue weighted by molar-refractivity contribution is 6.44. The van der Waals surface area contributed by atoms with Crippen LogP contribution in [0.5, 0.6) is 5.75 Å². The summed E-state index contributed by atoms with van der Waals surface area (Å²) in [7, 11) is 0. The fourth-order valence-electron chi connectivity index (χ4n) is 4.69. The minimum Gasteiger partial charge on any atom is -0.480 e. The van der Waals surface area contributed by atoms with Crippen molar-refractivity contribution < 1.29 is 19.4 Å². The van der Waals surface area contributed by atoms with Crippen molar-refractivity contribution in [1.82, 2.24) is 0 Å². The predicted octanol–water partition coefficient (Wildman–Crippen LogP) is 4.40. The lowest BCUT2D eigenvalue weighted by atomic mass is 9.63. The van der Waals surface area contributed by atoms with Gasteiger partial charge in [-0.25, -0.2) is 4.79 Å². The summed E-state index contributed by atoms with van der Waals surface area (Å²) in [4.78, 5) is 23.0. The van der Waals surface area contributed by atoms with Crippen molar-refractivity contribution in [3.63, 3.8) is 0 Å². The Bertz CT molecular complexity index is 825. The topological polar surface area (TPSA) is 63.6 Å². The van der Waals surface area contributed by atoms with Crippen molar-refractivity contribution in [3.8, 4) is 5.75 Å². The fourth-order valence-corrected chi connectivity index (χ4v) is 5.21. The molecule has 0 radical (unpaired) electrons. The molecule has 1 aromatic carbocycles. The van der Waals surface area contributed by atoms with Gasteiger partial charge in [0.2, 0.25) is 0 Å². The lowest BCUT2D eigenvalue weighted by Crippen LogP contribution is -2.36. The molecule has 0 saturated heterocycles. The molecule has 2 atom stereocenters. The summed E-state index contributed by atoms with van der Waals surface area (Å²) in [5.41, 5.74) is 2.80. The molecule has 3 aliphatic carbocycles. The van der Waals surface area contributed by atoms with Crippen molar-refractivity contribution in [2.24, 2.45) is 17.3 Å². The van der Waals surface area contributed by atoms with Gasteiger partial charge in [0, 0.05) is 17.4 Å². The molecule has 25 heavy (non-hydrogen) atoms. The molecule has 2 unspecified atom stereocenters. The summed E-state index contributed by atoms with van der Waals surface area (Å²) in [5, 5.41) is 9.40. The second-order valence-electron chi connectivity index (χ2n) is 7.34. The van der Waals surface area contributed by atoms with E-state index in [2.05, 4.69) is 6.92 Å². The number of allylic oxidation sites excluding steroid dienone is 2. The van der Waals surface area contributed by atoms with Crippen LogP contribution in [0.2, 0.25) is 10.0 Å². The first-order valence-corrected chi connectivity index (χ1v) is 9.21. The number of ketones is 1. The molecule has 0 spiro atoms. The van der Waals surface area contributed by atoms with Crippen LogP contribution in [0.15, 0.2) is 12.1 Å². The number of benzene rings is 1. The molecule has 1 fully saturated rings. The van der Waals surface area contributed by atoms with Gasteiger partial charge in [0.25, 0.3) is 0 Å². The van der Waals surface area contributed by atoms with Gasteiger partial charge in [-0.2, -0.15) is 0 Å². The van der Waals surface area contributed by atoms with Gasteiger partial charge in [-0.05, 0) is 54.4 Å². The van der Waals surface area contributed by atoms with Gasteiger partial charge in [0.15, 0.2) is 12.4 Å². The van der Waals surface area contributed by atoms with E-state index in [-0.39, 0.29) is 27.9 Å². The maximum Gasteiger partial charge on any atom is 0.341 e. The van der Waals surface area contributed by atoms with Crippen LogP contribution in [0.4, 0.5) is 0 Å². The largest absolute Gasteiger partial charge is 0.480 e. The molecule has 3 aliphatic rings. The first kappa shape index (κ1) is 16.9. The maximum absolute atomic E-state index is 12.2. The molecular formula is C19H18Cl2O4. The molecule has 0 bridgehead atoms. The molecule has 132 valence electrons. The van der Waals surface area contributed by atoms with Gasteiger partial charge in [0.05, 0.1) is 5.02 Å². The van der Waals surface area contributed by atoms with Gasteiger partial charge in [-0.15, -0.1) is 0 Å². The molecule has 1 saturated carbocycles. The van der Waals surface area contributed by atoms with Crippen molar-refractivity contribution in [2.75, 3.05) is 6.61 Å². The first-order valence-electron chi connectivity index (χ1n) is 8.45. The molecule has 0 aromatic heterocycles. The Morgan fingerprint density at radius 1 is 1.36 bits per heavy atom. The van der Waals surface area contributed by atoms with Crippen molar-refractivity contribution >= 4 is 40.5 Å². The summed E-state index contributed by atoms with van der Waals surface area (Å²) in [6.45, 7) is 1.67. The van der Waals surface area contributed by atoms with Gasteiger partial charge >= 0.3 is 5.97 Å². The van der Waals surface area contributed by atoms with Crippen molar-refractivity contribution in [3.05, 3.63) is 33.3 Å². The monoisotopic (exact) mass is 380 g/mol. The third-order valence-electron chi connectivity index (χ3n) is 5.86. The van der Waals surface area contributed by atoms with E-state index in [1.807, 2.05) is 0 Å². The van der Waals surface area contributed by atoms with Gasteiger partial charge in [0.1, 0.15) is 10.8 Å². The second kappa shape index (κ2) is 5.75. The Balaban J connectivity index is 1.85. The van der Waals surface area contributed by atoms with Crippen molar-refractivity contribution in [1.29, 1.82) is 0 Å². The second-order valence-corrected chi connectivity index (χ2v) is 8.10. The van der Waals surface area contributed by atoms with E-state index in [9.17, 15) is 9.59 Å². The lowest BCUT2D eigenvalue weighted by Gasteiger charge is -2.40. The van der Waals surface area contributed by atoms with E-state index in [4.69, 9.17) is 33.0 Å². The molecule has 1 N–H and O–H groups in total. The SMILES string of the molecule is CC1CC(=O)C=C2c3c(cc(OCC(=O)O)c(Cl)c3Cl)CC21C1CC1. The number of ether oxygens (including phenoxy) is 1. The Kier molecular flexibility index (Phi) is 3.89. The van der Waals surface area contributed by atoms with E-state index in [0.717, 1.165) is 36.0 Å². The zero-order valence-corrected chi connectivity index (χ0v) is 15.3. The third-order valence-corrected chi connectivity index (χ3v) is 6.71. The van der Waals surface area contributed by atoms with Gasteiger partial charge < -0.3 is 9.84 Å². The molecule has 4 nitrogen and oxygen atoms in total. The average molecular weight is 381 g/mol. The average Bonchev–Trinajstić information content (AvgIpc) is 3.33. The Hall–Kier alpha value is -1.52. The highest BCUT2D eigenvalue weighted by Gasteiger charge is 2.57. The number of hydrogen-bond donors (Lipinski definition) is 1. The highest BCUT2D eigenvalue weighted by atomic mass is 35.5. The van der Waals surface area contributed by atoms with Crippen LogP contribution in [0.25, 0.3) is 5.57 Å². The number of carboxylic acid groups (broad SMARTS) is 1. The smallest absolute Gasteiger partial charge is 0.341 e. The quantitative estimate of drug-likeness (QED) is 0.840. The van der Waals surface area contributed by atoms with Crippen LogP contribution in [0.1, 0.15) is 37.3 Å². The standard InChI is InChI=1S/C19H18Cl2O4/c1-9-4-12(22)6-13-16-10(7-19(9,13)11-2-3-11)5-14(17(20)18(16)21)25-8-15(23)24/h5-6,9,11H,2-4,7-8H2,1H3,(H,23,24). The van der Waals surface area contributed by atoms with Crippen LogP contribution >= 0.6 is 23.2 Å². The van der Waals surface area contributed by atoms with Gasteiger partial charge in [-0.1, -0.05) is 30.1 Å². The van der Waals surface area contributed by atoms with E-state index >= 15 is 0 Å². The number of fused-ring (bicyclic) bond motifs is 3.